The van der Waals surface area contributed by atoms with Crippen LogP contribution in [0.25, 0.3) is 0 Å². The lowest BCUT2D eigenvalue weighted by Crippen LogP contribution is -2.50. The van der Waals surface area contributed by atoms with Crippen molar-refractivity contribution in [1.29, 1.82) is 0 Å². The fourth-order valence-corrected chi connectivity index (χ4v) is 4.49. The molecule has 3 heterocycles. The van der Waals surface area contributed by atoms with Gasteiger partial charge in [0.25, 0.3) is 5.19 Å². The third kappa shape index (κ3) is 4.80. The van der Waals surface area contributed by atoms with Crippen molar-refractivity contribution in [2.24, 2.45) is 0 Å². The van der Waals surface area contributed by atoms with Gasteiger partial charge in [0.05, 0.1) is 0 Å². The molecule has 8 heteroatoms. The van der Waals surface area contributed by atoms with Gasteiger partial charge in [-0.25, -0.2) is 14.2 Å². The van der Waals surface area contributed by atoms with Crippen LogP contribution >= 0.6 is 11.3 Å². The van der Waals surface area contributed by atoms with Gasteiger partial charge in [-0.1, -0.05) is 11.3 Å². The number of carbonyl (C=O) groups is 1. The number of rotatable bonds is 4. The Hall–Kier alpha value is -2.19. The second-order valence-corrected chi connectivity index (χ2v) is 8.16. The quantitative estimate of drug-likeness (QED) is 0.842. The van der Waals surface area contributed by atoms with E-state index in [0.717, 1.165) is 57.1 Å². The molecule has 0 saturated carbocycles. The maximum atomic E-state index is 13.0. The number of hydrogen-bond acceptors (Lipinski definition) is 5. The zero-order chi connectivity index (χ0) is 19.3. The van der Waals surface area contributed by atoms with Gasteiger partial charge in [0.2, 0.25) is 0 Å². The Kier molecular flexibility index (Phi) is 6.07. The van der Waals surface area contributed by atoms with Gasteiger partial charge in [-0.05, 0) is 49.9 Å². The highest BCUT2D eigenvalue weighted by Gasteiger charge is 2.30. The predicted octanol–water partition coefficient (Wildman–Crippen LogP) is 3.82. The molecule has 0 spiro atoms. The lowest BCUT2D eigenvalue weighted by Gasteiger charge is -2.41. The molecule has 0 aliphatic carbocycles. The molecule has 0 unspecified atom stereocenters. The van der Waals surface area contributed by atoms with Crippen LogP contribution in [0.4, 0.5) is 14.9 Å². The molecule has 1 aromatic heterocycles. The van der Waals surface area contributed by atoms with Gasteiger partial charge < -0.3 is 15.0 Å². The molecular formula is C20H25FN4O2S. The van der Waals surface area contributed by atoms with Crippen LogP contribution in [0.5, 0.6) is 5.19 Å². The first-order valence-corrected chi connectivity index (χ1v) is 10.7. The van der Waals surface area contributed by atoms with Crippen molar-refractivity contribution in [3.05, 3.63) is 41.7 Å². The van der Waals surface area contributed by atoms with Gasteiger partial charge in [-0.2, -0.15) is 0 Å². The largest absolute Gasteiger partial charge is 0.467 e. The summed E-state index contributed by atoms with van der Waals surface area (Å²) in [6.45, 7) is 3.55. The van der Waals surface area contributed by atoms with Crippen LogP contribution in [0.3, 0.4) is 0 Å². The maximum Gasteiger partial charge on any atom is 0.321 e. The molecular weight excluding hydrogens is 379 g/mol. The summed E-state index contributed by atoms with van der Waals surface area (Å²) in [5.74, 6) is -0.306. The molecule has 0 atom stereocenters. The first-order valence-electron chi connectivity index (χ1n) is 9.79. The van der Waals surface area contributed by atoms with E-state index in [9.17, 15) is 9.18 Å². The number of piperidine rings is 2. The molecule has 2 aromatic rings. The number of nitrogens with one attached hydrogen (secondary N) is 1. The predicted molar refractivity (Wildman–Crippen MR) is 107 cm³/mol. The minimum atomic E-state index is -0.306. The Morgan fingerprint density at radius 1 is 1.11 bits per heavy atom. The lowest BCUT2D eigenvalue weighted by atomic mass is 9.99. The smallest absolute Gasteiger partial charge is 0.321 e. The number of aromatic nitrogens is 1. The molecule has 0 bridgehead atoms. The Morgan fingerprint density at radius 2 is 1.82 bits per heavy atom. The van der Waals surface area contributed by atoms with E-state index in [2.05, 4.69) is 15.2 Å². The van der Waals surface area contributed by atoms with Crippen LogP contribution in [0.15, 0.2) is 35.8 Å². The molecule has 6 nitrogen and oxygen atoms in total. The van der Waals surface area contributed by atoms with Crippen molar-refractivity contribution in [3.8, 4) is 5.19 Å². The van der Waals surface area contributed by atoms with Gasteiger partial charge >= 0.3 is 6.03 Å². The zero-order valence-electron chi connectivity index (χ0n) is 15.7. The number of amides is 2. The summed E-state index contributed by atoms with van der Waals surface area (Å²) in [5.41, 5.74) is 0.621. The summed E-state index contributed by atoms with van der Waals surface area (Å²) >= 11 is 1.54. The molecule has 1 N–H and O–H groups in total. The molecule has 2 amide bonds. The number of hydrogen-bond donors (Lipinski definition) is 1. The van der Waals surface area contributed by atoms with Crippen LogP contribution in [-0.2, 0) is 0 Å². The number of anilines is 1. The minimum absolute atomic E-state index is 0.111. The average molecular weight is 405 g/mol. The summed E-state index contributed by atoms with van der Waals surface area (Å²) < 4.78 is 18.9. The second-order valence-electron chi connectivity index (χ2n) is 7.31. The van der Waals surface area contributed by atoms with E-state index in [4.69, 9.17) is 4.74 Å². The molecule has 28 heavy (non-hydrogen) atoms. The van der Waals surface area contributed by atoms with Crippen LogP contribution in [0.2, 0.25) is 0 Å². The first-order chi connectivity index (χ1) is 13.7. The Labute approximate surface area is 168 Å². The van der Waals surface area contributed by atoms with Crippen LogP contribution in [-0.4, -0.2) is 59.1 Å². The average Bonchev–Trinajstić information content (AvgIpc) is 3.23. The Bertz CT molecular complexity index is 755. The summed E-state index contributed by atoms with van der Waals surface area (Å²) in [4.78, 5) is 21.0. The number of benzene rings is 1. The van der Waals surface area contributed by atoms with Crippen LogP contribution in [0.1, 0.15) is 25.7 Å². The lowest BCUT2D eigenvalue weighted by molar-refractivity contribution is 0.0544. The van der Waals surface area contributed by atoms with Crippen molar-refractivity contribution in [1.82, 2.24) is 14.8 Å². The van der Waals surface area contributed by atoms with Gasteiger partial charge in [-0.3, -0.25) is 4.90 Å². The number of urea groups is 1. The maximum absolute atomic E-state index is 13.0. The number of nitrogens with zero attached hydrogens (tertiary/aromatic N) is 3. The van der Waals surface area contributed by atoms with Crippen molar-refractivity contribution in [2.45, 2.75) is 37.8 Å². The molecule has 2 fully saturated rings. The number of carbonyl (C=O) groups excluding carboxylic acids is 1. The second kappa shape index (κ2) is 8.87. The third-order valence-electron chi connectivity index (χ3n) is 5.52. The first kappa shape index (κ1) is 19.1. The molecule has 0 radical (unpaired) electrons. The molecule has 2 aliphatic heterocycles. The summed E-state index contributed by atoms with van der Waals surface area (Å²) in [6.07, 6.45) is 6.03. The van der Waals surface area contributed by atoms with Gasteiger partial charge in [0, 0.05) is 49.5 Å². The summed E-state index contributed by atoms with van der Waals surface area (Å²) in [6, 6.07) is 6.28. The van der Waals surface area contributed by atoms with E-state index in [-0.39, 0.29) is 18.0 Å². The van der Waals surface area contributed by atoms with E-state index in [1.807, 2.05) is 10.3 Å². The summed E-state index contributed by atoms with van der Waals surface area (Å²) in [5, 5.41) is 5.54. The fraction of sp³-hybridized carbons (Fsp3) is 0.500. The molecule has 4 rings (SSSR count). The number of halogens is 1. The van der Waals surface area contributed by atoms with Gasteiger partial charge in [0.1, 0.15) is 11.9 Å². The normalized spacial score (nSPS) is 19.5. The van der Waals surface area contributed by atoms with Crippen molar-refractivity contribution < 1.29 is 13.9 Å². The highest BCUT2D eigenvalue weighted by Crippen LogP contribution is 2.25. The molecule has 2 aliphatic rings. The molecule has 1 aromatic carbocycles. The van der Waals surface area contributed by atoms with Crippen molar-refractivity contribution >= 4 is 23.1 Å². The van der Waals surface area contributed by atoms with Crippen LogP contribution in [0, 0.1) is 5.82 Å². The van der Waals surface area contributed by atoms with E-state index in [1.165, 1.54) is 12.1 Å². The topological polar surface area (TPSA) is 57.7 Å². The Balaban J connectivity index is 1.20. The van der Waals surface area contributed by atoms with Crippen molar-refractivity contribution in [3.63, 3.8) is 0 Å². The van der Waals surface area contributed by atoms with Crippen molar-refractivity contribution in [2.75, 3.05) is 31.5 Å². The monoisotopic (exact) mass is 404 g/mol. The van der Waals surface area contributed by atoms with E-state index < -0.39 is 0 Å². The number of likely N-dealkylation sites (tertiary alicyclic amines) is 2. The highest BCUT2D eigenvalue weighted by molar-refractivity contribution is 7.11. The SMILES string of the molecule is O=C(Nc1ccc(F)cc1)N1CCC(N2CCC(Oc3nccs3)CC2)CC1. The Morgan fingerprint density at radius 3 is 2.46 bits per heavy atom. The van der Waals surface area contributed by atoms with Crippen LogP contribution < -0.4 is 10.1 Å². The van der Waals surface area contributed by atoms with E-state index in [1.54, 1.807) is 29.7 Å². The third-order valence-corrected chi connectivity index (χ3v) is 6.18. The minimum Gasteiger partial charge on any atom is -0.467 e. The van der Waals surface area contributed by atoms with Gasteiger partial charge in [-0.15, -0.1) is 0 Å². The standard InChI is InChI=1S/C20H25FN4O2S/c21-15-1-3-16(4-2-15)23-19(26)25-10-5-17(6-11-25)24-12-7-18(8-13-24)27-20-22-9-14-28-20/h1-4,9,14,17-18H,5-8,10-13H2,(H,23,26). The summed E-state index contributed by atoms with van der Waals surface area (Å²) in [7, 11) is 0. The van der Waals surface area contributed by atoms with E-state index >= 15 is 0 Å². The number of thiazole rings is 1. The fourth-order valence-electron chi connectivity index (χ4n) is 3.94. The highest BCUT2D eigenvalue weighted by atomic mass is 32.1. The number of ether oxygens (including phenoxy) is 1. The molecule has 2 saturated heterocycles. The van der Waals surface area contributed by atoms with E-state index in [0.29, 0.717) is 11.7 Å². The molecule has 150 valence electrons. The van der Waals surface area contributed by atoms with Gasteiger partial charge in [0.15, 0.2) is 0 Å². The zero-order valence-corrected chi connectivity index (χ0v) is 16.5.